The van der Waals surface area contributed by atoms with Crippen LogP contribution in [0.25, 0.3) is 0 Å². The number of aromatic nitrogens is 2. The van der Waals surface area contributed by atoms with Crippen LogP contribution < -0.4 is 10.9 Å². The van der Waals surface area contributed by atoms with Gasteiger partial charge in [0.05, 0.1) is 21.2 Å². The van der Waals surface area contributed by atoms with Gasteiger partial charge < -0.3 is 5.32 Å². The van der Waals surface area contributed by atoms with E-state index in [1.54, 1.807) is 0 Å². The Kier molecular flexibility index (Phi) is 6.09. The van der Waals surface area contributed by atoms with E-state index >= 15 is 0 Å². The van der Waals surface area contributed by atoms with Gasteiger partial charge in [-0.2, -0.15) is 18.3 Å². The second-order valence-electron chi connectivity index (χ2n) is 5.62. The van der Waals surface area contributed by atoms with Crippen molar-refractivity contribution >= 4 is 23.0 Å². The minimum absolute atomic E-state index is 0.128. The van der Waals surface area contributed by atoms with Crippen molar-refractivity contribution in [3.63, 3.8) is 0 Å². The maximum absolute atomic E-state index is 12.9. The van der Waals surface area contributed by atoms with Crippen LogP contribution >= 0.6 is 11.6 Å². The fraction of sp³-hybridized carbons (Fsp3) is 0.375. The molecule has 0 spiro atoms. The Bertz CT molecular complexity index is 928. The largest absolute Gasteiger partial charge is 0.418 e. The smallest absolute Gasteiger partial charge is 0.375 e. The van der Waals surface area contributed by atoms with Gasteiger partial charge in [-0.15, -0.1) is 0 Å². The molecule has 0 saturated carbocycles. The summed E-state index contributed by atoms with van der Waals surface area (Å²) in [6, 6.07) is 1.21. The molecule has 0 amide bonds. The van der Waals surface area contributed by atoms with E-state index in [0.29, 0.717) is 35.7 Å². The maximum atomic E-state index is 12.9. The first kappa shape index (κ1) is 20.7. The molecule has 0 aliphatic rings. The molecule has 146 valence electrons. The highest BCUT2D eigenvalue weighted by Crippen LogP contribution is 2.40. The van der Waals surface area contributed by atoms with Crippen molar-refractivity contribution in [2.45, 2.75) is 39.4 Å². The van der Waals surface area contributed by atoms with E-state index in [2.05, 4.69) is 15.5 Å². The minimum Gasteiger partial charge on any atom is -0.375 e. The van der Waals surface area contributed by atoms with Gasteiger partial charge in [0.2, 0.25) is 0 Å². The number of nitrogens with zero attached hydrogens (tertiary/aromatic N) is 2. The van der Waals surface area contributed by atoms with Crippen molar-refractivity contribution in [1.82, 2.24) is 10.2 Å². The van der Waals surface area contributed by atoms with Crippen LogP contribution in [0.3, 0.4) is 0 Å². The average Bonchev–Trinajstić information content (AvgIpc) is 2.58. The average molecular weight is 405 g/mol. The monoisotopic (exact) mass is 404 g/mol. The third-order valence-electron chi connectivity index (χ3n) is 4.01. The first-order valence-corrected chi connectivity index (χ1v) is 8.36. The van der Waals surface area contributed by atoms with Gasteiger partial charge in [-0.05, 0) is 24.5 Å². The zero-order valence-corrected chi connectivity index (χ0v) is 15.2. The molecule has 11 heteroatoms. The van der Waals surface area contributed by atoms with Crippen LogP contribution in [0.4, 0.5) is 24.5 Å². The van der Waals surface area contributed by atoms with Crippen molar-refractivity contribution in [2.24, 2.45) is 0 Å². The van der Waals surface area contributed by atoms with Crippen LogP contribution in [0.15, 0.2) is 16.9 Å². The lowest BCUT2D eigenvalue weighted by atomic mass is 10.0. The molecular formula is C16H16ClF3N4O3. The normalized spacial score (nSPS) is 11.5. The van der Waals surface area contributed by atoms with Gasteiger partial charge in [-0.1, -0.05) is 25.4 Å². The number of nitro benzene ring substituents is 1. The minimum atomic E-state index is -4.83. The van der Waals surface area contributed by atoms with Gasteiger partial charge >= 0.3 is 6.18 Å². The summed E-state index contributed by atoms with van der Waals surface area (Å²) >= 11 is 5.65. The molecule has 1 heterocycles. The highest BCUT2D eigenvalue weighted by atomic mass is 35.5. The SMILES string of the molecule is CCc1n[nH]c(=O)c(CNc2cc(Cl)c(C(F)(F)F)cc2[N+](=O)[O-])c1CC. The number of hydrogen-bond acceptors (Lipinski definition) is 5. The molecule has 27 heavy (non-hydrogen) atoms. The van der Waals surface area contributed by atoms with Crippen LogP contribution in [-0.2, 0) is 25.6 Å². The number of aromatic amines is 1. The number of halogens is 4. The lowest BCUT2D eigenvalue weighted by Crippen LogP contribution is -2.22. The highest BCUT2D eigenvalue weighted by molar-refractivity contribution is 6.31. The van der Waals surface area contributed by atoms with Gasteiger partial charge in [-0.25, -0.2) is 5.10 Å². The van der Waals surface area contributed by atoms with E-state index in [1.807, 2.05) is 13.8 Å². The summed E-state index contributed by atoms with van der Waals surface area (Å²) in [5.41, 5.74) is -1.10. The van der Waals surface area contributed by atoms with Gasteiger partial charge in [0.15, 0.2) is 0 Å². The third-order valence-corrected chi connectivity index (χ3v) is 4.32. The second kappa shape index (κ2) is 7.95. The summed E-state index contributed by atoms with van der Waals surface area (Å²) in [6.45, 7) is 3.56. The molecule has 2 rings (SSSR count). The fourth-order valence-electron chi connectivity index (χ4n) is 2.72. The Balaban J connectivity index is 2.46. The zero-order valence-electron chi connectivity index (χ0n) is 14.4. The number of benzene rings is 1. The standard InChI is InChI=1S/C16H16ClF3N4O3/c1-3-8-9(15(25)23-22-12(8)4-2)7-21-13-6-11(17)10(16(18,19)20)5-14(13)24(26)27/h5-6,21H,3-4,7H2,1-2H3,(H,23,25). The van der Waals surface area contributed by atoms with Crippen LogP contribution in [-0.4, -0.2) is 15.1 Å². The molecular weight excluding hydrogens is 389 g/mol. The fourth-order valence-corrected chi connectivity index (χ4v) is 2.99. The summed E-state index contributed by atoms with van der Waals surface area (Å²) in [4.78, 5) is 22.3. The summed E-state index contributed by atoms with van der Waals surface area (Å²) < 4.78 is 38.8. The quantitative estimate of drug-likeness (QED) is 0.558. The topological polar surface area (TPSA) is 101 Å². The molecule has 2 aromatic rings. The number of H-pyrrole nitrogens is 1. The number of nitrogens with one attached hydrogen (secondary N) is 2. The molecule has 0 fully saturated rings. The molecule has 0 bridgehead atoms. The molecule has 0 aliphatic carbocycles. The van der Waals surface area contributed by atoms with Gasteiger partial charge in [-0.3, -0.25) is 14.9 Å². The lowest BCUT2D eigenvalue weighted by Gasteiger charge is -2.14. The van der Waals surface area contributed by atoms with E-state index in [0.717, 1.165) is 6.07 Å². The molecule has 7 nitrogen and oxygen atoms in total. The first-order valence-electron chi connectivity index (χ1n) is 7.98. The Hall–Kier alpha value is -2.62. The first-order chi connectivity index (χ1) is 12.6. The number of anilines is 1. The second-order valence-corrected chi connectivity index (χ2v) is 6.03. The van der Waals surface area contributed by atoms with E-state index in [-0.39, 0.29) is 12.2 Å². The number of rotatable bonds is 6. The summed E-state index contributed by atoms with van der Waals surface area (Å²) in [5.74, 6) is 0. The molecule has 0 unspecified atom stereocenters. The van der Waals surface area contributed by atoms with Crippen molar-refractivity contribution in [3.05, 3.63) is 60.0 Å². The molecule has 2 N–H and O–H groups in total. The Morgan fingerprint density at radius 3 is 2.44 bits per heavy atom. The predicted molar refractivity (Wildman–Crippen MR) is 94.0 cm³/mol. The molecule has 0 aliphatic heterocycles. The van der Waals surface area contributed by atoms with Crippen molar-refractivity contribution < 1.29 is 18.1 Å². The Morgan fingerprint density at radius 1 is 1.26 bits per heavy atom. The molecule has 1 aromatic heterocycles. The van der Waals surface area contributed by atoms with Crippen molar-refractivity contribution in [3.8, 4) is 0 Å². The summed E-state index contributed by atoms with van der Waals surface area (Å²) in [7, 11) is 0. The van der Waals surface area contributed by atoms with E-state index < -0.39 is 32.9 Å². The van der Waals surface area contributed by atoms with Crippen LogP contribution in [0.5, 0.6) is 0 Å². The van der Waals surface area contributed by atoms with Gasteiger partial charge in [0, 0.05) is 18.2 Å². The number of hydrogen-bond donors (Lipinski definition) is 2. The van der Waals surface area contributed by atoms with Crippen LogP contribution in [0, 0.1) is 10.1 Å². The lowest BCUT2D eigenvalue weighted by molar-refractivity contribution is -0.384. The van der Waals surface area contributed by atoms with Crippen LogP contribution in [0.1, 0.15) is 36.2 Å². The predicted octanol–water partition coefficient (Wildman–Crippen LogP) is 4.09. The molecule has 0 radical (unpaired) electrons. The number of nitro groups is 1. The van der Waals surface area contributed by atoms with Crippen LogP contribution in [0.2, 0.25) is 5.02 Å². The zero-order chi connectivity index (χ0) is 20.4. The third kappa shape index (κ3) is 4.38. The molecule has 0 saturated heterocycles. The van der Waals surface area contributed by atoms with E-state index in [1.165, 1.54) is 0 Å². The summed E-state index contributed by atoms with van der Waals surface area (Å²) in [5, 5.41) is 19.5. The number of aryl methyl sites for hydroxylation is 1. The Morgan fingerprint density at radius 2 is 1.93 bits per heavy atom. The van der Waals surface area contributed by atoms with Gasteiger partial charge in [0.1, 0.15) is 5.69 Å². The van der Waals surface area contributed by atoms with E-state index in [4.69, 9.17) is 11.6 Å². The summed E-state index contributed by atoms with van der Waals surface area (Å²) in [6.07, 6.45) is -3.75. The van der Waals surface area contributed by atoms with Crippen molar-refractivity contribution in [2.75, 3.05) is 5.32 Å². The molecule has 1 aromatic carbocycles. The maximum Gasteiger partial charge on any atom is 0.418 e. The highest BCUT2D eigenvalue weighted by Gasteiger charge is 2.36. The number of alkyl halides is 3. The molecule has 0 atom stereocenters. The van der Waals surface area contributed by atoms with Crippen molar-refractivity contribution in [1.29, 1.82) is 0 Å². The van der Waals surface area contributed by atoms with E-state index in [9.17, 15) is 28.1 Å². The Labute approximate surface area is 156 Å². The van der Waals surface area contributed by atoms with Gasteiger partial charge in [0.25, 0.3) is 11.2 Å².